The van der Waals surface area contributed by atoms with Gasteiger partial charge in [0.15, 0.2) is 6.61 Å². The van der Waals surface area contributed by atoms with Crippen molar-refractivity contribution in [2.75, 3.05) is 6.61 Å². The van der Waals surface area contributed by atoms with E-state index in [2.05, 4.69) is 38.2 Å². The van der Waals surface area contributed by atoms with E-state index in [-0.39, 0.29) is 17.9 Å². The fourth-order valence-electron chi connectivity index (χ4n) is 2.31. The molecule has 3 nitrogen and oxygen atoms in total. The van der Waals surface area contributed by atoms with Crippen LogP contribution < -0.4 is 10.1 Å². The standard InChI is InChI=1S/C21H27NO2/c1-5-21(3,4)18-10-12-19(13-11-18)24-15-20(23)22-14-17-8-6-16(2)7-9-17/h6-13H,5,14-15H2,1-4H3,(H,22,23). The normalized spacial score (nSPS) is 11.2. The van der Waals surface area contributed by atoms with Crippen LogP contribution in [-0.2, 0) is 16.8 Å². The molecule has 24 heavy (non-hydrogen) atoms. The monoisotopic (exact) mass is 325 g/mol. The zero-order valence-corrected chi connectivity index (χ0v) is 15.1. The maximum absolute atomic E-state index is 11.9. The first-order valence-corrected chi connectivity index (χ1v) is 8.46. The van der Waals surface area contributed by atoms with E-state index in [1.165, 1.54) is 11.1 Å². The summed E-state index contributed by atoms with van der Waals surface area (Å²) in [6.07, 6.45) is 1.08. The molecule has 0 bridgehead atoms. The molecule has 0 aliphatic heterocycles. The van der Waals surface area contributed by atoms with Crippen LogP contribution in [0.25, 0.3) is 0 Å². The van der Waals surface area contributed by atoms with Crippen molar-refractivity contribution in [2.45, 2.75) is 46.1 Å². The molecule has 0 aromatic heterocycles. The van der Waals surface area contributed by atoms with Crippen LogP contribution in [0.3, 0.4) is 0 Å². The van der Waals surface area contributed by atoms with Crippen LogP contribution in [-0.4, -0.2) is 12.5 Å². The first-order valence-electron chi connectivity index (χ1n) is 8.46. The number of carbonyl (C=O) groups excluding carboxylic acids is 1. The summed E-state index contributed by atoms with van der Waals surface area (Å²) in [6, 6.07) is 16.1. The number of benzene rings is 2. The molecule has 0 saturated carbocycles. The van der Waals surface area contributed by atoms with Gasteiger partial charge in [-0.15, -0.1) is 0 Å². The van der Waals surface area contributed by atoms with Gasteiger partial charge in [-0.2, -0.15) is 0 Å². The molecule has 128 valence electrons. The van der Waals surface area contributed by atoms with E-state index in [1.807, 2.05) is 43.3 Å². The van der Waals surface area contributed by atoms with Crippen LogP contribution in [0.1, 0.15) is 43.9 Å². The molecular weight excluding hydrogens is 298 g/mol. The van der Waals surface area contributed by atoms with Gasteiger partial charge in [0.25, 0.3) is 5.91 Å². The lowest BCUT2D eigenvalue weighted by atomic mass is 9.82. The first kappa shape index (κ1) is 18.1. The highest BCUT2D eigenvalue weighted by atomic mass is 16.5. The number of rotatable bonds is 7. The minimum Gasteiger partial charge on any atom is -0.484 e. The summed E-state index contributed by atoms with van der Waals surface area (Å²) in [4.78, 5) is 11.9. The van der Waals surface area contributed by atoms with Gasteiger partial charge in [-0.1, -0.05) is 62.7 Å². The van der Waals surface area contributed by atoms with Crippen LogP contribution in [0.2, 0.25) is 0 Å². The third-order valence-corrected chi connectivity index (χ3v) is 4.50. The Hall–Kier alpha value is -2.29. The van der Waals surface area contributed by atoms with Crippen molar-refractivity contribution in [2.24, 2.45) is 0 Å². The Labute approximate surface area is 145 Å². The Morgan fingerprint density at radius 3 is 2.25 bits per heavy atom. The summed E-state index contributed by atoms with van der Waals surface area (Å²) in [6.45, 7) is 9.23. The molecular formula is C21H27NO2. The van der Waals surface area contributed by atoms with E-state index in [9.17, 15) is 4.79 Å². The maximum atomic E-state index is 11.9. The molecule has 0 saturated heterocycles. The summed E-state index contributed by atoms with van der Waals surface area (Å²) in [7, 11) is 0. The SMILES string of the molecule is CCC(C)(C)c1ccc(OCC(=O)NCc2ccc(C)cc2)cc1. The largest absolute Gasteiger partial charge is 0.484 e. The summed E-state index contributed by atoms with van der Waals surface area (Å²) >= 11 is 0. The van der Waals surface area contributed by atoms with Gasteiger partial charge in [0.1, 0.15) is 5.75 Å². The van der Waals surface area contributed by atoms with E-state index in [0.29, 0.717) is 6.54 Å². The number of nitrogens with one attached hydrogen (secondary N) is 1. The van der Waals surface area contributed by atoms with Gasteiger partial charge in [0, 0.05) is 6.54 Å². The van der Waals surface area contributed by atoms with Crippen LogP contribution in [0, 0.1) is 6.92 Å². The minimum atomic E-state index is -0.117. The van der Waals surface area contributed by atoms with Crippen molar-refractivity contribution >= 4 is 5.91 Å². The van der Waals surface area contributed by atoms with Gasteiger partial charge in [-0.3, -0.25) is 4.79 Å². The first-order chi connectivity index (χ1) is 11.4. The zero-order chi connectivity index (χ0) is 17.6. The van der Waals surface area contributed by atoms with Gasteiger partial charge in [0.05, 0.1) is 0 Å². The molecule has 2 aromatic carbocycles. The van der Waals surface area contributed by atoms with Crippen molar-refractivity contribution in [1.82, 2.24) is 5.32 Å². The lowest BCUT2D eigenvalue weighted by molar-refractivity contribution is -0.123. The van der Waals surface area contributed by atoms with Crippen molar-refractivity contribution < 1.29 is 9.53 Å². The Kier molecular flexibility index (Phi) is 6.02. The smallest absolute Gasteiger partial charge is 0.258 e. The topological polar surface area (TPSA) is 38.3 Å². The number of ether oxygens (including phenoxy) is 1. The van der Waals surface area contributed by atoms with E-state index >= 15 is 0 Å². The Balaban J connectivity index is 1.80. The maximum Gasteiger partial charge on any atom is 0.258 e. The van der Waals surface area contributed by atoms with Crippen LogP contribution in [0.15, 0.2) is 48.5 Å². The summed E-state index contributed by atoms with van der Waals surface area (Å²) < 4.78 is 5.56. The van der Waals surface area contributed by atoms with Gasteiger partial charge in [-0.05, 0) is 42.0 Å². The molecule has 1 amide bonds. The van der Waals surface area contributed by atoms with E-state index in [0.717, 1.165) is 17.7 Å². The number of amides is 1. The molecule has 0 atom stereocenters. The molecule has 0 unspecified atom stereocenters. The lowest BCUT2D eigenvalue weighted by Gasteiger charge is -2.23. The van der Waals surface area contributed by atoms with E-state index in [1.54, 1.807) is 0 Å². The summed E-state index contributed by atoms with van der Waals surface area (Å²) in [5.41, 5.74) is 3.73. The van der Waals surface area contributed by atoms with Gasteiger partial charge < -0.3 is 10.1 Å². The van der Waals surface area contributed by atoms with Gasteiger partial charge >= 0.3 is 0 Å². The van der Waals surface area contributed by atoms with E-state index < -0.39 is 0 Å². The Bertz CT molecular complexity index is 657. The molecule has 0 heterocycles. The molecule has 0 radical (unpaired) electrons. The summed E-state index contributed by atoms with van der Waals surface area (Å²) in [5.74, 6) is 0.602. The van der Waals surface area contributed by atoms with Gasteiger partial charge in [0.2, 0.25) is 0 Å². The molecule has 3 heteroatoms. The molecule has 0 aliphatic carbocycles. The number of hydrogen-bond donors (Lipinski definition) is 1. The molecule has 2 aromatic rings. The number of hydrogen-bond acceptors (Lipinski definition) is 2. The predicted molar refractivity (Wildman–Crippen MR) is 98.3 cm³/mol. The highest BCUT2D eigenvalue weighted by Gasteiger charge is 2.17. The highest BCUT2D eigenvalue weighted by molar-refractivity contribution is 5.77. The second-order valence-electron chi connectivity index (χ2n) is 6.81. The third kappa shape index (κ3) is 5.12. The molecule has 0 spiro atoms. The second-order valence-corrected chi connectivity index (χ2v) is 6.81. The highest BCUT2D eigenvalue weighted by Crippen LogP contribution is 2.27. The fourth-order valence-corrected chi connectivity index (χ4v) is 2.31. The van der Waals surface area contributed by atoms with Crippen LogP contribution in [0.5, 0.6) is 5.75 Å². The minimum absolute atomic E-state index is 0.0301. The Morgan fingerprint density at radius 2 is 1.67 bits per heavy atom. The lowest BCUT2D eigenvalue weighted by Crippen LogP contribution is -2.28. The quantitative estimate of drug-likeness (QED) is 0.820. The van der Waals surface area contributed by atoms with Crippen molar-refractivity contribution in [3.8, 4) is 5.75 Å². The summed E-state index contributed by atoms with van der Waals surface area (Å²) in [5, 5.41) is 2.87. The van der Waals surface area contributed by atoms with Gasteiger partial charge in [-0.25, -0.2) is 0 Å². The molecule has 0 fully saturated rings. The van der Waals surface area contributed by atoms with Crippen molar-refractivity contribution in [3.05, 3.63) is 65.2 Å². The Morgan fingerprint density at radius 1 is 1.04 bits per heavy atom. The van der Waals surface area contributed by atoms with Crippen LogP contribution in [0.4, 0.5) is 0 Å². The van der Waals surface area contributed by atoms with E-state index in [4.69, 9.17) is 4.74 Å². The fraction of sp³-hybridized carbons (Fsp3) is 0.381. The number of carbonyl (C=O) groups is 1. The average molecular weight is 325 g/mol. The van der Waals surface area contributed by atoms with Crippen LogP contribution >= 0.6 is 0 Å². The zero-order valence-electron chi connectivity index (χ0n) is 15.1. The average Bonchev–Trinajstić information content (AvgIpc) is 2.60. The molecule has 1 N–H and O–H groups in total. The molecule has 2 rings (SSSR count). The molecule has 0 aliphatic rings. The third-order valence-electron chi connectivity index (χ3n) is 4.50. The van der Waals surface area contributed by atoms with Crippen molar-refractivity contribution in [1.29, 1.82) is 0 Å². The number of aryl methyl sites for hydroxylation is 1. The predicted octanol–water partition coefficient (Wildman–Crippen LogP) is 4.38. The van der Waals surface area contributed by atoms with Crippen molar-refractivity contribution in [3.63, 3.8) is 0 Å². The second kappa shape index (κ2) is 8.00.